The van der Waals surface area contributed by atoms with Gasteiger partial charge in [-0.3, -0.25) is 0 Å². The Bertz CT molecular complexity index is 1070. The Hall–Kier alpha value is -0.690. The molecule has 0 spiro atoms. The molecule has 0 saturated carbocycles. The van der Waals surface area contributed by atoms with Crippen LogP contribution in [-0.4, -0.2) is 0 Å². The molecule has 1 aromatic rings. The molecule has 1 unspecified atom stereocenters. The molecule has 0 radical (unpaired) electrons. The van der Waals surface area contributed by atoms with Crippen LogP contribution in [0.3, 0.4) is 0 Å². The van der Waals surface area contributed by atoms with Crippen LogP contribution in [0.1, 0.15) is 104 Å². The van der Waals surface area contributed by atoms with Gasteiger partial charge in [0.15, 0.2) is 0 Å². The molecule has 1 aromatic carbocycles. The summed E-state index contributed by atoms with van der Waals surface area (Å²) >= 11 is -3.20. The van der Waals surface area contributed by atoms with Crippen molar-refractivity contribution in [3.05, 3.63) is 62.8 Å². The van der Waals surface area contributed by atoms with E-state index in [-0.39, 0.29) is 11.8 Å². The van der Waals surface area contributed by atoms with Gasteiger partial charge in [0, 0.05) is 0 Å². The quantitative estimate of drug-likeness (QED) is 0.298. The van der Waals surface area contributed by atoms with Crippen molar-refractivity contribution >= 4 is 6.08 Å². The van der Waals surface area contributed by atoms with Crippen LogP contribution in [0.25, 0.3) is 6.08 Å². The van der Waals surface area contributed by atoms with E-state index in [0.29, 0.717) is 5.41 Å². The summed E-state index contributed by atoms with van der Waals surface area (Å²) in [6, 6.07) is 5.31. The van der Waals surface area contributed by atoms with Crippen molar-refractivity contribution in [1.29, 1.82) is 0 Å². The molecule has 0 amide bonds. The molecule has 0 N–H and O–H groups in total. The fraction of sp³-hybridized carbons (Fsp3) is 0.625. The molecule has 1 atom stereocenters. The molecule has 0 aromatic heterocycles. The Kier molecular flexibility index (Phi) is 5.89. The van der Waals surface area contributed by atoms with E-state index in [1.807, 2.05) is 0 Å². The molecule has 0 heterocycles. The Morgan fingerprint density at radius 3 is 1.79 bits per heavy atom. The van der Waals surface area contributed by atoms with Crippen LogP contribution < -0.4 is 0 Å². The van der Waals surface area contributed by atoms with Gasteiger partial charge in [-0.05, 0) is 0 Å². The predicted octanol–water partition coefficient (Wildman–Crippen LogP) is 9.97. The molecule has 0 fully saturated rings. The minimum absolute atomic E-state index is 0.177. The fourth-order valence-electron chi connectivity index (χ4n) is 8.50. The van der Waals surface area contributed by atoms with Crippen molar-refractivity contribution in [2.45, 2.75) is 111 Å². The van der Waals surface area contributed by atoms with E-state index in [1.54, 1.807) is 39.0 Å². The average Bonchev–Trinajstić information content (AvgIpc) is 3.36. The van der Waals surface area contributed by atoms with Crippen LogP contribution in [-0.2, 0) is 36.0 Å². The van der Waals surface area contributed by atoms with Gasteiger partial charge < -0.3 is 0 Å². The summed E-state index contributed by atoms with van der Waals surface area (Å²) < 4.78 is 5.99. The second-order valence-corrected chi connectivity index (χ2v) is 31.5. The first-order chi connectivity index (χ1) is 15.1. The number of hydrogen-bond acceptors (Lipinski definition) is 0. The van der Waals surface area contributed by atoms with Gasteiger partial charge in [-0.25, -0.2) is 0 Å². The van der Waals surface area contributed by atoms with Gasteiger partial charge in [-0.1, -0.05) is 0 Å². The van der Waals surface area contributed by atoms with E-state index in [2.05, 4.69) is 103 Å². The Labute approximate surface area is 209 Å². The Balaban J connectivity index is 1.97. The van der Waals surface area contributed by atoms with E-state index in [4.69, 9.17) is 0 Å². The predicted molar refractivity (Wildman–Crippen MR) is 144 cm³/mol. The molecule has 4 rings (SSSR count). The fourth-order valence-corrected chi connectivity index (χ4v) is 31.2. The number of allylic oxidation sites excluding steroid dienone is 5. The van der Waals surface area contributed by atoms with E-state index in [1.165, 1.54) is 31.2 Å². The molecule has 3 aliphatic rings. The standard InChI is InChI=1S/C20H27.C10H15.2CH3.Hf/c1-6-20(7-2)12-15-10-14-8-9-18(19(3,4)5)17(14)11-16(15)13-20;1-6-7(2)9(4)10(5)8(6)3;;;/h8-11H,6-7,12-13H2,1-5H3;1-5H3;2*1H3;. The molecule has 33 heavy (non-hydrogen) atoms. The average molecular weight is 611 g/mol. The maximum absolute atomic E-state index is 3.20. The summed E-state index contributed by atoms with van der Waals surface area (Å²) in [6.45, 7) is 24.7. The van der Waals surface area contributed by atoms with E-state index in [0.717, 1.165) is 0 Å². The van der Waals surface area contributed by atoms with Crippen LogP contribution in [0, 0.1) is 10.8 Å². The molecule has 0 aliphatic heterocycles. The third-order valence-corrected chi connectivity index (χ3v) is 34.6. The van der Waals surface area contributed by atoms with E-state index < -0.39 is 20.0 Å². The van der Waals surface area contributed by atoms with Crippen LogP contribution in [0.5, 0.6) is 0 Å². The van der Waals surface area contributed by atoms with Gasteiger partial charge in [-0.15, -0.1) is 0 Å². The second-order valence-electron chi connectivity index (χ2n) is 13.4. The topological polar surface area (TPSA) is 0 Å². The van der Waals surface area contributed by atoms with Crippen molar-refractivity contribution in [2.24, 2.45) is 10.8 Å². The Morgan fingerprint density at radius 2 is 1.33 bits per heavy atom. The Morgan fingerprint density at radius 1 is 0.848 bits per heavy atom. The van der Waals surface area contributed by atoms with Crippen LogP contribution in [0.4, 0.5) is 0 Å². The first-order valence-electron chi connectivity index (χ1n) is 13.4. The summed E-state index contributed by atoms with van der Waals surface area (Å²) in [5, 5.41) is 0. The molecular formula is C32H48Hf. The van der Waals surface area contributed by atoms with Crippen LogP contribution in [0.15, 0.2) is 40.5 Å². The van der Waals surface area contributed by atoms with Crippen LogP contribution in [0.2, 0.25) is 12.5 Å². The zero-order valence-electron chi connectivity index (χ0n) is 23.6. The third kappa shape index (κ3) is 3.02. The van der Waals surface area contributed by atoms with Crippen molar-refractivity contribution < 1.29 is 20.0 Å². The molecule has 1 heteroatoms. The summed E-state index contributed by atoms with van der Waals surface area (Å²) in [7, 11) is 0. The van der Waals surface area contributed by atoms with Crippen molar-refractivity contribution in [2.75, 3.05) is 0 Å². The van der Waals surface area contributed by atoms with Gasteiger partial charge in [-0.2, -0.15) is 0 Å². The molecule has 3 aliphatic carbocycles. The van der Waals surface area contributed by atoms with Gasteiger partial charge in [0.25, 0.3) is 0 Å². The zero-order chi connectivity index (χ0) is 24.8. The van der Waals surface area contributed by atoms with Gasteiger partial charge >= 0.3 is 210 Å². The number of benzene rings is 1. The molecule has 180 valence electrons. The van der Waals surface area contributed by atoms with Gasteiger partial charge in [0.1, 0.15) is 0 Å². The molecule has 0 bridgehead atoms. The SMILES string of the molecule is CCC1(CC)Cc2cc3c(cc2C1)[C](C(C)(C)C)([Hf]([CH3])([CH3])[C]1(C)C(C)=C(C)C(C)=C1C)C=C3. The number of fused-ring (bicyclic) bond motifs is 2. The molecular weight excluding hydrogens is 563 g/mol. The van der Waals surface area contributed by atoms with Gasteiger partial charge in [0.2, 0.25) is 0 Å². The normalized spacial score (nSPS) is 25.8. The first kappa shape index (κ1) is 25.4. The molecule has 0 saturated heterocycles. The van der Waals surface area contributed by atoms with E-state index in [9.17, 15) is 0 Å². The van der Waals surface area contributed by atoms with Crippen molar-refractivity contribution in [1.82, 2.24) is 0 Å². The van der Waals surface area contributed by atoms with Crippen molar-refractivity contribution in [3.63, 3.8) is 0 Å². The molecule has 0 nitrogen and oxygen atoms in total. The summed E-state index contributed by atoms with van der Waals surface area (Å²) in [6.07, 6.45) is 10.4. The zero-order valence-corrected chi connectivity index (χ0v) is 27.2. The van der Waals surface area contributed by atoms with Crippen LogP contribution >= 0.6 is 0 Å². The number of hydrogen-bond donors (Lipinski definition) is 0. The number of rotatable bonds is 4. The van der Waals surface area contributed by atoms with E-state index >= 15 is 0 Å². The van der Waals surface area contributed by atoms with Gasteiger partial charge in [0.05, 0.1) is 0 Å². The summed E-state index contributed by atoms with van der Waals surface area (Å²) in [5.74, 6) is 0. The monoisotopic (exact) mass is 612 g/mol. The summed E-state index contributed by atoms with van der Waals surface area (Å²) in [5.41, 5.74) is 13.6. The first-order valence-corrected chi connectivity index (χ1v) is 24.1. The minimum atomic E-state index is -3.20. The second kappa shape index (κ2) is 7.65. The van der Waals surface area contributed by atoms with Crippen molar-refractivity contribution in [3.8, 4) is 0 Å². The maximum atomic E-state index is 2.78. The summed E-state index contributed by atoms with van der Waals surface area (Å²) in [4.78, 5) is 0. The third-order valence-electron chi connectivity index (χ3n) is 11.5.